The van der Waals surface area contributed by atoms with Crippen LogP contribution in [0, 0.1) is 11.3 Å². The van der Waals surface area contributed by atoms with E-state index in [4.69, 9.17) is 0 Å². The van der Waals surface area contributed by atoms with E-state index in [1.165, 1.54) is 19.3 Å². The Labute approximate surface area is 127 Å². The molecule has 2 aliphatic rings. The lowest BCUT2D eigenvalue weighted by Crippen LogP contribution is -2.52. The molecule has 21 heavy (non-hydrogen) atoms. The average Bonchev–Trinajstić information content (AvgIpc) is 2.49. The third-order valence-corrected chi connectivity index (χ3v) is 5.56. The number of hydrogen-bond acceptors (Lipinski definition) is 2. The topological polar surface area (TPSA) is 69.6 Å². The summed E-state index contributed by atoms with van der Waals surface area (Å²) in [4.78, 5) is 25.6. The minimum absolute atomic E-state index is 0.0103. The molecule has 2 unspecified atom stereocenters. The maximum Gasteiger partial charge on any atom is 0.317 e. The van der Waals surface area contributed by atoms with Crippen molar-refractivity contribution in [1.82, 2.24) is 10.2 Å². The van der Waals surface area contributed by atoms with Crippen LogP contribution in [0.2, 0.25) is 0 Å². The first-order valence-electron chi connectivity index (χ1n) is 8.27. The maximum absolute atomic E-state index is 12.3. The summed E-state index contributed by atoms with van der Waals surface area (Å²) in [5.74, 6) is -0.174. The van der Waals surface area contributed by atoms with Crippen molar-refractivity contribution in [2.45, 2.75) is 64.8 Å². The number of piperidine rings is 1. The van der Waals surface area contributed by atoms with Crippen LogP contribution in [0.1, 0.15) is 58.8 Å². The maximum atomic E-state index is 12.3. The van der Waals surface area contributed by atoms with E-state index < -0.39 is 11.4 Å². The second-order valence-corrected chi connectivity index (χ2v) is 6.74. The molecule has 0 radical (unpaired) electrons. The zero-order valence-electron chi connectivity index (χ0n) is 13.2. The lowest BCUT2D eigenvalue weighted by molar-refractivity contribution is -0.151. The van der Waals surface area contributed by atoms with Gasteiger partial charge in [-0.3, -0.25) is 4.79 Å². The van der Waals surface area contributed by atoms with Gasteiger partial charge in [-0.05, 0) is 38.0 Å². The summed E-state index contributed by atoms with van der Waals surface area (Å²) in [5.41, 5.74) is -0.630. The van der Waals surface area contributed by atoms with Crippen LogP contribution in [0.25, 0.3) is 0 Å². The van der Waals surface area contributed by atoms with E-state index in [2.05, 4.69) is 12.2 Å². The molecule has 1 saturated heterocycles. The zero-order valence-corrected chi connectivity index (χ0v) is 13.2. The fourth-order valence-corrected chi connectivity index (χ4v) is 3.64. The molecule has 1 aliphatic carbocycles. The van der Waals surface area contributed by atoms with Crippen molar-refractivity contribution < 1.29 is 14.7 Å². The monoisotopic (exact) mass is 296 g/mol. The zero-order chi connectivity index (χ0) is 15.5. The molecule has 5 nitrogen and oxygen atoms in total. The molecule has 1 saturated carbocycles. The molecule has 2 amide bonds. The normalized spacial score (nSPS) is 29.0. The number of nitrogens with zero attached hydrogens (tertiary/aromatic N) is 1. The van der Waals surface area contributed by atoms with Gasteiger partial charge in [-0.2, -0.15) is 0 Å². The Hall–Kier alpha value is -1.26. The quantitative estimate of drug-likeness (QED) is 0.841. The van der Waals surface area contributed by atoms with E-state index in [1.54, 1.807) is 4.90 Å². The van der Waals surface area contributed by atoms with Crippen LogP contribution < -0.4 is 5.32 Å². The van der Waals surface area contributed by atoms with Crippen LogP contribution in [0.3, 0.4) is 0 Å². The molecule has 0 spiro atoms. The average molecular weight is 296 g/mol. The number of hydrogen-bond donors (Lipinski definition) is 2. The number of carbonyl (C=O) groups is 2. The molecule has 5 heteroatoms. The Kier molecular flexibility index (Phi) is 5.12. The highest BCUT2D eigenvalue weighted by Crippen LogP contribution is 2.35. The third-order valence-electron chi connectivity index (χ3n) is 5.56. The number of likely N-dealkylation sites (tertiary alicyclic amines) is 1. The van der Waals surface area contributed by atoms with E-state index in [1.807, 2.05) is 6.92 Å². The van der Waals surface area contributed by atoms with Gasteiger partial charge < -0.3 is 15.3 Å². The second kappa shape index (κ2) is 6.67. The molecule has 2 N–H and O–H groups in total. The molecule has 0 aromatic rings. The van der Waals surface area contributed by atoms with Crippen LogP contribution in [0.4, 0.5) is 4.79 Å². The Morgan fingerprint density at radius 2 is 1.86 bits per heavy atom. The summed E-state index contributed by atoms with van der Waals surface area (Å²) >= 11 is 0. The molecule has 2 atom stereocenters. The Morgan fingerprint density at radius 1 is 1.24 bits per heavy atom. The van der Waals surface area contributed by atoms with Gasteiger partial charge in [0.15, 0.2) is 0 Å². The van der Waals surface area contributed by atoms with Crippen molar-refractivity contribution in [3.8, 4) is 0 Å². The SMILES string of the molecule is CCC1(C(=O)O)CCN(C(=O)NC2CCCCC2C)CC1. The Morgan fingerprint density at radius 3 is 2.38 bits per heavy atom. The lowest BCUT2D eigenvalue weighted by Gasteiger charge is -2.39. The largest absolute Gasteiger partial charge is 0.481 e. The predicted molar refractivity (Wildman–Crippen MR) is 81.1 cm³/mol. The van der Waals surface area contributed by atoms with Crippen molar-refractivity contribution >= 4 is 12.0 Å². The van der Waals surface area contributed by atoms with Crippen molar-refractivity contribution in [3.05, 3.63) is 0 Å². The van der Waals surface area contributed by atoms with E-state index >= 15 is 0 Å². The predicted octanol–water partition coefficient (Wildman–Crippen LogP) is 2.85. The van der Waals surface area contributed by atoms with Crippen LogP contribution in [-0.2, 0) is 4.79 Å². The standard InChI is InChI=1S/C16H28N2O3/c1-3-16(14(19)20)8-10-18(11-9-16)15(21)17-13-7-5-4-6-12(13)2/h12-13H,3-11H2,1-2H3,(H,17,21)(H,19,20). The van der Waals surface area contributed by atoms with Crippen molar-refractivity contribution in [3.63, 3.8) is 0 Å². The first-order valence-corrected chi connectivity index (χ1v) is 8.27. The highest BCUT2D eigenvalue weighted by molar-refractivity contribution is 5.77. The van der Waals surface area contributed by atoms with E-state index in [0.29, 0.717) is 38.3 Å². The minimum Gasteiger partial charge on any atom is -0.481 e. The summed E-state index contributed by atoms with van der Waals surface area (Å²) < 4.78 is 0. The fraction of sp³-hybridized carbons (Fsp3) is 0.875. The Balaban J connectivity index is 1.87. The van der Waals surface area contributed by atoms with Gasteiger partial charge in [-0.25, -0.2) is 4.79 Å². The molecule has 1 heterocycles. The van der Waals surface area contributed by atoms with E-state index in [9.17, 15) is 14.7 Å². The van der Waals surface area contributed by atoms with Crippen molar-refractivity contribution in [2.75, 3.05) is 13.1 Å². The number of carbonyl (C=O) groups excluding carboxylic acids is 1. The molecular formula is C16H28N2O3. The van der Waals surface area contributed by atoms with Gasteiger partial charge >= 0.3 is 12.0 Å². The van der Waals surface area contributed by atoms with Gasteiger partial charge in [0, 0.05) is 19.1 Å². The summed E-state index contributed by atoms with van der Waals surface area (Å²) in [6.07, 6.45) is 6.45. The van der Waals surface area contributed by atoms with Gasteiger partial charge in [0.1, 0.15) is 0 Å². The fourth-order valence-electron chi connectivity index (χ4n) is 3.64. The smallest absolute Gasteiger partial charge is 0.317 e. The summed E-state index contributed by atoms with van der Waals surface area (Å²) in [5, 5.41) is 12.5. The third kappa shape index (κ3) is 3.50. The van der Waals surface area contributed by atoms with Gasteiger partial charge in [-0.15, -0.1) is 0 Å². The molecule has 0 bridgehead atoms. The van der Waals surface area contributed by atoms with Crippen LogP contribution in [-0.4, -0.2) is 41.1 Å². The highest BCUT2D eigenvalue weighted by atomic mass is 16.4. The van der Waals surface area contributed by atoms with Gasteiger partial charge in [0.2, 0.25) is 0 Å². The van der Waals surface area contributed by atoms with Crippen molar-refractivity contribution in [2.24, 2.45) is 11.3 Å². The van der Waals surface area contributed by atoms with Crippen LogP contribution in [0.5, 0.6) is 0 Å². The number of urea groups is 1. The van der Waals surface area contributed by atoms with Crippen LogP contribution in [0.15, 0.2) is 0 Å². The van der Waals surface area contributed by atoms with Gasteiger partial charge in [0.25, 0.3) is 0 Å². The number of aliphatic carboxylic acids is 1. The molecule has 0 aromatic heterocycles. The molecule has 2 rings (SSSR count). The summed E-state index contributed by atoms with van der Waals surface area (Å²) in [6.45, 7) is 5.22. The summed E-state index contributed by atoms with van der Waals surface area (Å²) in [6, 6.07) is 0.271. The minimum atomic E-state index is -0.717. The van der Waals surface area contributed by atoms with Gasteiger partial charge in [-0.1, -0.05) is 26.7 Å². The summed E-state index contributed by atoms with van der Waals surface area (Å²) in [7, 11) is 0. The lowest BCUT2D eigenvalue weighted by atomic mass is 9.76. The van der Waals surface area contributed by atoms with Crippen molar-refractivity contribution in [1.29, 1.82) is 0 Å². The second-order valence-electron chi connectivity index (χ2n) is 6.74. The number of carboxylic acid groups (broad SMARTS) is 1. The van der Waals surface area contributed by atoms with Gasteiger partial charge in [0.05, 0.1) is 5.41 Å². The Bertz CT molecular complexity index is 389. The number of rotatable bonds is 3. The first-order chi connectivity index (χ1) is 9.98. The van der Waals surface area contributed by atoms with E-state index in [0.717, 1.165) is 6.42 Å². The molecule has 2 fully saturated rings. The molecule has 120 valence electrons. The number of amides is 2. The van der Waals surface area contributed by atoms with E-state index in [-0.39, 0.29) is 12.1 Å². The molecule has 1 aliphatic heterocycles. The number of nitrogens with one attached hydrogen (secondary N) is 1. The molecular weight excluding hydrogens is 268 g/mol. The number of carboxylic acids is 1. The molecule has 0 aromatic carbocycles. The highest BCUT2D eigenvalue weighted by Gasteiger charge is 2.41. The van der Waals surface area contributed by atoms with Crippen LogP contribution >= 0.6 is 0 Å². The first kappa shape index (κ1) is 16.1.